The summed E-state index contributed by atoms with van der Waals surface area (Å²) in [6.07, 6.45) is 3.64. The third kappa shape index (κ3) is 3.34. The number of benzene rings is 1. The summed E-state index contributed by atoms with van der Waals surface area (Å²) in [7, 11) is 0. The fourth-order valence-corrected chi connectivity index (χ4v) is 2.62. The maximum atomic E-state index is 12.0. The molecule has 0 fully saturated rings. The van der Waals surface area contributed by atoms with Crippen LogP contribution in [0.3, 0.4) is 0 Å². The fraction of sp³-hybridized carbons (Fsp3) is 0.562. The lowest BCUT2D eigenvalue weighted by molar-refractivity contribution is -0.119. The van der Waals surface area contributed by atoms with Gasteiger partial charge in [-0.3, -0.25) is 4.79 Å². The van der Waals surface area contributed by atoms with E-state index < -0.39 is 0 Å². The van der Waals surface area contributed by atoms with Gasteiger partial charge in [0.2, 0.25) is 0 Å². The van der Waals surface area contributed by atoms with Gasteiger partial charge in [-0.1, -0.05) is 38.5 Å². The van der Waals surface area contributed by atoms with Gasteiger partial charge in [-0.2, -0.15) is 0 Å². The lowest BCUT2D eigenvalue weighted by Crippen LogP contribution is -2.09. The highest BCUT2D eigenvalue weighted by Crippen LogP contribution is 2.33. The van der Waals surface area contributed by atoms with Crippen LogP contribution in [0.1, 0.15) is 51.0 Å². The van der Waals surface area contributed by atoms with Crippen LogP contribution in [0.15, 0.2) is 24.3 Å². The van der Waals surface area contributed by atoms with Crippen LogP contribution in [0.4, 0.5) is 5.69 Å². The van der Waals surface area contributed by atoms with Gasteiger partial charge in [-0.05, 0) is 24.0 Å². The number of carbonyl (C=O) groups excluding carboxylic acids is 1. The smallest absolute Gasteiger partial charge is 0.133 e. The van der Waals surface area contributed by atoms with Crippen molar-refractivity contribution in [1.29, 1.82) is 0 Å². The summed E-state index contributed by atoms with van der Waals surface area (Å²) in [4.78, 5) is 12.0. The summed E-state index contributed by atoms with van der Waals surface area (Å²) >= 11 is 0. The van der Waals surface area contributed by atoms with Crippen LogP contribution >= 0.6 is 0 Å². The maximum absolute atomic E-state index is 12.0. The highest BCUT2D eigenvalue weighted by atomic mass is 16.1. The van der Waals surface area contributed by atoms with Gasteiger partial charge >= 0.3 is 0 Å². The predicted octanol–water partition coefficient (Wildman–Crippen LogP) is 3.98. The molecular formula is C16H23NO. The molecule has 1 aliphatic heterocycles. The van der Waals surface area contributed by atoms with E-state index in [-0.39, 0.29) is 0 Å². The Kier molecular flexibility index (Phi) is 4.40. The monoisotopic (exact) mass is 245 g/mol. The Morgan fingerprint density at radius 2 is 2.17 bits per heavy atom. The number of para-hydroxylation sites is 1. The Hall–Kier alpha value is -1.31. The zero-order valence-electron chi connectivity index (χ0n) is 11.4. The van der Waals surface area contributed by atoms with E-state index in [1.165, 1.54) is 11.3 Å². The highest BCUT2D eigenvalue weighted by Gasteiger charge is 2.23. The lowest BCUT2D eigenvalue weighted by atomic mass is 9.93. The number of fused-ring (bicyclic) bond motifs is 1. The molecule has 2 nitrogen and oxygen atoms in total. The van der Waals surface area contributed by atoms with Crippen LogP contribution in [0.25, 0.3) is 0 Å². The van der Waals surface area contributed by atoms with Crippen molar-refractivity contribution >= 4 is 11.5 Å². The van der Waals surface area contributed by atoms with E-state index in [0.29, 0.717) is 24.0 Å². The highest BCUT2D eigenvalue weighted by molar-refractivity contribution is 5.80. The second kappa shape index (κ2) is 6.03. The van der Waals surface area contributed by atoms with E-state index >= 15 is 0 Å². The summed E-state index contributed by atoms with van der Waals surface area (Å²) in [5.74, 6) is 1.50. The average Bonchev–Trinajstić information content (AvgIpc) is 2.72. The molecule has 2 rings (SSSR count). The summed E-state index contributed by atoms with van der Waals surface area (Å²) in [5.41, 5.74) is 2.52. The van der Waals surface area contributed by atoms with Crippen LogP contribution in [-0.2, 0) is 4.79 Å². The molecule has 0 aromatic heterocycles. The summed E-state index contributed by atoms with van der Waals surface area (Å²) in [5, 5.41) is 3.38. The Labute approximate surface area is 110 Å². The predicted molar refractivity (Wildman–Crippen MR) is 76.0 cm³/mol. The van der Waals surface area contributed by atoms with Crippen molar-refractivity contribution in [3.8, 4) is 0 Å². The van der Waals surface area contributed by atoms with E-state index in [1.807, 2.05) is 6.07 Å². The maximum Gasteiger partial charge on any atom is 0.133 e. The molecule has 0 radical (unpaired) electrons. The average molecular weight is 245 g/mol. The second-order valence-corrected chi connectivity index (χ2v) is 5.69. The molecule has 1 unspecified atom stereocenters. The van der Waals surface area contributed by atoms with Crippen molar-refractivity contribution in [3.05, 3.63) is 29.8 Å². The van der Waals surface area contributed by atoms with Gasteiger partial charge in [-0.25, -0.2) is 0 Å². The zero-order valence-corrected chi connectivity index (χ0v) is 11.4. The molecule has 0 bridgehead atoms. The molecular weight excluding hydrogens is 222 g/mol. The molecule has 1 aromatic carbocycles. The standard InChI is InChI=1S/C16H23NO/c1-12(2)6-5-7-14(18)10-13-11-17-16-9-4-3-8-15(13)16/h3-4,8-9,12-13,17H,5-7,10-11H2,1-2H3. The van der Waals surface area contributed by atoms with E-state index in [1.54, 1.807) is 0 Å². The van der Waals surface area contributed by atoms with E-state index in [2.05, 4.69) is 37.4 Å². The van der Waals surface area contributed by atoms with Crippen LogP contribution < -0.4 is 5.32 Å². The van der Waals surface area contributed by atoms with Crippen LogP contribution in [0.2, 0.25) is 0 Å². The number of hydrogen-bond donors (Lipinski definition) is 1. The number of anilines is 1. The van der Waals surface area contributed by atoms with Crippen molar-refractivity contribution in [2.24, 2.45) is 5.92 Å². The Bertz CT molecular complexity index is 411. The number of nitrogens with one attached hydrogen (secondary N) is 1. The van der Waals surface area contributed by atoms with Gasteiger partial charge in [0.25, 0.3) is 0 Å². The summed E-state index contributed by atoms with van der Waals surface area (Å²) < 4.78 is 0. The minimum absolute atomic E-state index is 0.382. The second-order valence-electron chi connectivity index (χ2n) is 5.69. The number of ketones is 1. The minimum atomic E-state index is 0.382. The van der Waals surface area contributed by atoms with Gasteiger partial charge in [-0.15, -0.1) is 0 Å². The number of hydrogen-bond acceptors (Lipinski definition) is 2. The third-order valence-electron chi connectivity index (χ3n) is 3.65. The van der Waals surface area contributed by atoms with E-state index in [9.17, 15) is 4.79 Å². The van der Waals surface area contributed by atoms with Gasteiger partial charge in [0.1, 0.15) is 5.78 Å². The molecule has 1 heterocycles. The van der Waals surface area contributed by atoms with Crippen molar-refractivity contribution in [3.63, 3.8) is 0 Å². The van der Waals surface area contributed by atoms with E-state index in [4.69, 9.17) is 0 Å². The van der Waals surface area contributed by atoms with Gasteiger partial charge in [0, 0.05) is 31.0 Å². The number of Topliss-reactive ketones (excluding diaryl/α,β-unsaturated/α-hetero) is 1. The Balaban J connectivity index is 1.82. The topological polar surface area (TPSA) is 29.1 Å². The first kappa shape index (κ1) is 13.1. The quantitative estimate of drug-likeness (QED) is 0.821. The fourth-order valence-electron chi connectivity index (χ4n) is 2.62. The minimum Gasteiger partial charge on any atom is -0.384 e. The van der Waals surface area contributed by atoms with Crippen molar-refractivity contribution < 1.29 is 4.79 Å². The molecule has 1 N–H and O–H groups in total. The van der Waals surface area contributed by atoms with Crippen molar-refractivity contribution in [2.75, 3.05) is 11.9 Å². The van der Waals surface area contributed by atoms with E-state index in [0.717, 1.165) is 25.8 Å². The van der Waals surface area contributed by atoms with Gasteiger partial charge in [0.05, 0.1) is 0 Å². The molecule has 0 amide bonds. The Morgan fingerprint density at radius 1 is 1.39 bits per heavy atom. The van der Waals surface area contributed by atoms with Crippen LogP contribution in [0.5, 0.6) is 0 Å². The van der Waals surface area contributed by atoms with Crippen molar-refractivity contribution in [1.82, 2.24) is 0 Å². The first-order valence-electron chi connectivity index (χ1n) is 7.01. The molecule has 18 heavy (non-hydrogen) atoms. The molecule has 1 aromatic rings. The Morgan fingerprint density at radius 3 is 2.94 bits per heavy atom. The zero-order chi connectivity index (χ0) is 13.0. The molecule has 0 spiro atoms. The number of carbonyl (C=O) groups is 1. The largest absolute Gasteiger partial charge is 0.384 e. The summed E-state index contributed by atoms with van der Waals surface area (Å²) in [6, 6.07) is 8.33. The lowest BCUT2D eigenvalue weighted by Gasteiger charge is -2.09. The molecule has 0 aliphatic carbocycles. The van der Waals surface area contributed by atoms with Crippen molar-refractivity contribution in [2.45, 2.75) is 45.4 Å². The first-order valence-corrected chi connectivity index (χ1v) is 7.01. The van der Waals surface area contributed by atoms with Crippen LogP contribution in [-0.4, -0.2) is 12.3 Å². The first-order chi connectivity index (χ1) is 8.66. The van der Waals surface area contributed by atoms with Gasteiger partial charge in [0.15, 0.2) is 0 Å². The molecule has 0 saturated heterocycles. The number of rotatable bonds is 6. The molecule has 98 valence electrons. The van der Waals surface area contributed by atoms with Gasteiger partial charge < -0.3 is 5.32 Å². The summed E-state index contributed by atoms with van der Waals surface area (Å²) in [6.45, 7) is 5.33. The van der Waals surface area contributed by atoms with Crippen LogP contribution in [0, 0.1) is 5.92 Å². The third-order valence-corrected chi connectivity index (χ3v) is 3.65. The normalized spacial score (nSPS) is 17.6. The molecule has 1 atom stereocenters. The molecule has 1 aliphatic rings. The SMILES string of the molecule is CC(C)CCCC(=O)CC1CNc2ccccc21. The molecule has 2 heteroatoms. The molecule has 0 saturated carbocycles.